The molecule has 150 valence electrons. The second-order valence-electron chi connectivity index (χ2n) is 5.57. The minimum atomic E-state index is -4.83. The second-order valence-corrected chi connectivity index (χ2v) is 7.25. The van der Waals surface area contributed by atoms with Crippen LogP contribution in [0.1, 0.15) is 25.8 Å². The van der Waals surface area contributed by atoms with Crippen molar-refractivity contribution in [1.82, 2.24) is 0 Å². The fourth-order valence-corrected chi connectivity index (χ4v) is 3.00. The Hall–Kier alpha value is -2.26. The van der Waals surface area contributed by atoms with Gasteiger partial charge in [0, 0.05) is 5.69 Å². The molecule has 2 aromatic rings. The highest BCUT2D eigenvalue weighted by Gasteiger charge is 2.31. The van der Waals surface area contributed by atoms with E-state index in [1.54, 1.807) is 24.3 Å². The van der Waals surface area contributed by atoms with Crippen LogP contribution < -0.4 is 15.2 Å². The molecule has 5 nitrogen and oxygen atoms in total. The van der Waals surface area contributed by atoms with E-state index < -0.39 is 22.1 Å². The zero-order chi connectivity index (χ0) is 20.5. The van der Waals surface area contributed by atoms with Crippen molar-refractivity contribution in [3.8, 4) is 5.75 Å². The van der Waals surface area contributed by atoms with Gasteiger partial charge in [0.05, 0.1) is 4.90 Å². The summed E-state index contributed by atoms with van der Waals surface area (Å²) in [7, 11) is -3.91. The second kappa shape index (κ2) is 10.2. The first kappa shape index (κ1) is 22.8. The summed E-state index contributed by atoms with van der Waals surface area (Å²) in [6.07, 6.45) is -2.91. The van der Waals surface area contributed by atoms with E-state index in [0.29, 0.717) is 18.7 Å². The Morgan fingerprint density at radius 1 is 1.00 bits per heavy atom. The molecule has 3 N–H and O–H groups in total. The van der Waals surface area contributed by atoms with E-state index in [2.05, 4.69) is 23.3 Å². The Morgan fingerprint density at radius 2 is 1.52 bits per heavy atom. The predicted molar refractivity (Wildman–Crippen MR) is 99.1 cm³/mol. The fraction of sp³-hybridized carbons (Fsp3) is 0.333. The topological polar surface area (TPSA) is 81.4 Å². The molecule has 0 spiro atoms. The highest BCUT2D eigenvalue weighted by molar-refractivity contribution is 7.92. The van der Waals surface area contributed by atoms with Gasteiger partial charge in [-0.25, -0.2) is 8.42 Å². The third-order valence-electron chi connectivity index (χ3n) is 3.01. The van der Waals surface area contributed by atoms with Crippen LogP contribution in [0.4, 0.5) is 18.9 Å². The largest absolute Gasteiger partial charge is 0.573 e. The predicted octanol–water partition coefficient (Wildman–Crippen LogP) is 4.30. The first-order valence-electron chi connectivity index (χ1n) is 8.29. The van der Waals surface area contributed by atoms with Gasteiger partial charge in [-0.2, -0.15) is 0 Å². The number of ether oxygens (including phenoxy) is 1. The van der Waals surface area contributed by atoms with E-state index in [1.165, 1.54) is 6.42 Å². The summed E-state index contributed by atoms with van der Waals surface area (Å²) < 4.78 is 66.7. The molecule has 0 saturated heterocycles. The lowest BCUT2D eigenvalue weighted by molar-refractivity contribution is -0.274. The summed E-state index contributed by atoms with van der Waals surface area (Å²) in [6, 6.07) is 10.6. The van der Waals surface area contributed by atoms with Gasteiger partial charge < -0.3 is 10.5 Å². The molecule has 0 amide bonds. The Labute approximate surface area is 157 Å². The smallest absolute Gasteiger partial charge is 0.406 e. The molecule has 0 atom stereocenters. The Balaban J connectivity index is 0.00000114. The third-order valence-corrected chi connectivity index (χ3v) is 4.40. The molecule has 0 aliphatic heterocycles. The van der Waals surface area contributed by atoms with Crippen molar-refractivity contribution in [3.05, 3.63) is 54.1 Å². The van der Waals surface area contributed by atoms with Crippen LogP contribution in [-0.4, -0.2) is 21.3 Å². The van der Waals surface area contributed by atoms with E-state index in [-0.39, 0.29) is 4.90 Å². The van der Waals surface area contributed by atoms with Gasteiger partial charge in [0.25, 0.3) is 10.0 Å². The van der Waals surface area contributed by atoms with Crippen molar-refractivity contribution < 1.29 is 26.3 Å². The van der Waals surface area contributed by atoms with E-state index in [4.69, 9.17) is 5.73 Å². The maximum atomic E-state index is 12.2. The van der Waals surface area contributed by atoms with Gasteiger partial charge in [-0.1, -0.05) is 32.4 Å². The summed E-state index contributed by atoms with van der Waals surface area (Å²) >= 11 is 0. The minimum absolute atomic E-state index is 0.178. The summed E-state index contributed by atoms with van der Waals surface area (Å²) in [5.41, 5.74) is 6.74. The molecule has 0 aromatic heterocycles. The SMILES string of the molecule is CCC.NCCc1ccc(NS(=O)(=O)c2ccc(OC(F)(F)F)cc2)cc1. The molecule has 0 bridgehead atoms. The first-order chi connectivity index (χ1) is 12.6. The van der Waals surface area contributed by atoms with Gasteiger partial charge in [-0.05, 0) is 54.9 Å². The van der Waals surface area contributed by atoms with Crippen molar-refractivity contribution >= 4 is 15.7 Å². The normalized spacial score (nSPS) is 11.3. The maximum absolute atomic E-state index is 12.2. The Morgan fingerprint density at radius 3 is 1.96 bits per heavy atom. The van der Waals surface area contributed by atoms with Crippen LogP contribution in [0, 0.1) is 0 Å². The van der Waals surface area contributed by atoms with Gasteiger partial charge >= 0.3 is 6.36 Å². The lowest BCUT2D eigenvalue weighted by Gasteiger charge is -2.11. The Kier molecular flexibility index (Phi) is 8.58. The average Bonchev–Trinajstić information content (AvgIpc) is 2.56. The molecule has 0 fully saturated rings. The number of halogens is 3. The number of anilines is 1. The number of sulfonamides is 1. The zero-order valence-electron chi connectivity index (χ0n) is 15.1. The van der Waals surface area contributed by atoms with Crippen LogP contribution in [0.5, 0.6) is 5.75 Å². The molecule has 2 aromatic carbocycles. The molecule has 27 heavy (non-hydrogen) atoms. The molecule has 0 heterocycles. The van der Waals surface area contributed by atoms with Crippen molar-refractivity contribution in [2.75, 3.05) is 11.3 Å². The quantitative estimate of drug-likeness (QED) is 0.752. The summed E-state index contributed by atoms with van der Waals surface area (Å²) in [5.74, 6) is -0.493. The van der Waals surface area contributed by atoms with Gasteiger partial charge in [0.1, 0.15) is 5.75 Å². The van der Waals surface area contributed by atoms with Gasteiger partial charge in [0.15, 0.2) is 0 Å². The van der Waals surface area contributed by atoms with Crippen molar-refractivity contribution in [2.45, 2.75) is 37.9 Å². The highest BCUT2D eigenvalue weighted by Crippen LogP contribution is 2.24. The zero-order valence-corrected chi connectivity index (χ0v) is 15.9. The van der Waals surface area contributed by atoms with Crippen LogP contribution >= 0.6 is 0 Å². The molecular formula is C18H23F3N2O3S. The summed E-state index contributed by atoms with van der Waals surface area (Å²) in [5, 5.41) is 0. The fourth-order valence-electron chi connectivity index (χ4n) is 1.94. The number of alkyl halides is 3. The molecule has 0 unspecified atom stereocenters. The lowest BCUT2D eigenvalue weighted by atomic mass is 10.1. The molecule has 9 heteroatoms. The van der Waals surface area contributed by atoms with Crippen LogP contribution in [0.3, 0.4) is 0 Å². The van der Waals surface area contributed by atoms with E-state index >= 15 is 0 Å². The molecule has 0 radical (unpaired) electrons. The molecular weight excluding hydrogens is 381 g/mol. The summed E-state index contributed by atoms with van der Waals surface area (Å²) in [4.78, 5) is -0.178. The lowest BCUT2D eigenvalue weighted by Crippen LogP contribution is -2.17. The number of hydrogen-bond donors (Lipinski definition) is 2. The average molecular weight is 404 g/mol. The monoisotopic (exact) mass is 404 g/mol. The van der Waals surface area contributed by atoms with E-state index in [9.17, 15) is 21.6 Å². The number of benzene rings is 2. The number of nitrogens with one attached hydrogen (secondary N) is 1. The maximum Gasteiger partial charge on any atom is 0.573 e. The van der Waals surface area contributed by atoms with Crippen LogP contribution in [0.25, 0.3) is 0 Å². The number of hydrogen-bond acceptors (Lipinski definition) is 4. The first-order valence-corrected chi connectivity index (χ1v) is 9.77. The van der Waals surface area contributed by atoms with Gasteiger partial charge in [0.2, 0.25) is 0 Å². The molecule has 0 aliphatic rings. The Bertz CT molecular complexity index is 790. The van der Waals surface area contributed by atoms with Crippen LogP contribution in [-0.2, 0) is 16.4 Å². The number of nitrogens with two attached hydrogens (primary N) is 1. The molecule has 0 saturated carbocycles. The van der Waals surface area contributed by atoms with Crippen molar-refractivity contribution in [2.24, 2.45) is 5.73 Å². The third kappa shape index (κ3) is 8.31. The minimum Gasteiger partial charge on any atom is -0.406 e. The van der Waals surface area contributed by atoms with Crippen LogP contribution in [0.2, 0.25) is 0 Å². The van der Waals surface area contributed by atoms with E-state index in [1.807, 2.05) is 0 Å². The van der Waals surface area contributed by atoms with Crippen LogP contribution in [0.15, 0.2) is 53.4 Å². The van der Waals surface area contributed by atoms with E-state index in [0.717, 1.165) is 29.8 Å². The highest BCUT2D eigenvalue weighted by atomic mass is 32.2. The standard InChI is InChI=1S/C15H15F3N2O3S.C3H8/c16-15(17,18)23-13-5-7-14(8-6-13)24(21,22)20-12-3-1-11(2-4-12)9-10-19;1-3-2/h1-8,20H,9-10,19H2;3H2,1-2H3. The number of rotatable bonds is 6. The summed E-state index contributed by atoms with van der Waals surface area (Å²) in [6.45, 7) is 4.73. The van der Waals surface area contributed by atoms with Gasteiger partial charge in [-0.3, -0.25) is 4.72 Å². The molecule has 2 rings (SSSR count). The van der Waals surface area contributed by atoms with Crippen molar-refractivity contribution in [1.29, 1.82) is 0 Å². The van der Waals surface area contributed by atoms with Crippen molar-refractivity contribution in [3.63, 3.8) is 0 Å². The van der Waals surface area contributed by atoms with Gasteiger partial charge in [-0.15, -0.1) is 13.2 Å². The molecule has 0 aliphatic carbocycles.